The lowest BCUT2D eigenvalue weighted by atomic mass is 9.85. The van der Waals surface area contributed by atoms with E-state index in [0.717, 1.165) is 18.3 Å². The highest BCUT2D eigenvalue weighted by Gasteiger charge is 2.17. The second kappa shape index (κ2) is 2.68. The van der Waals surface area contributed by atoms with Gasteiger partial charge in [-0.05, 0) is 25.7 Å². The minimum Gasteiger partial charge on any atom is -0.334 e. The van der Waals surface area contributed by atoms with Crippen molar-refractivity contribution in [1.82, 2.24) is 9.55 Å². The Morgan fingerprint density at radius 3 is 3.00 bits per heavy atom. The fourth-order valence-corrected chi connectivity index (χ4v) is 1.49. The van der Waals surface area contributed by atoms with Gasteiger partial charge in [-0.1, -0.05) is 6.42 Å². The first kappa shape index (κ1) is 6.89. The third kappa shape index (κ3) is 1.30. The molecule has 0 N–H and O–H groups in total. The molecule has 1 aliphatic carbocycles. The molecule has 59 valence electrons. The van der Waals surface area contributed by atoms with Crippen LogP contribution in [0.2, 0.25) is 0 Å². The van der Waals surface area contributed by atoms with Gasteiger partial charge in [0.1, 0.15) is 12.0 Å². The molecule has 0 saturated heterocycles. The van der Waals surface area contributed by atoms with E-state index in [4.69, 9.17) is 0 Å². The fraction of sp³-hybridized carbons (Fsp3) is 0.667. The zero-order valence-corrected chi connectivity index (χ0v) is 6.88. The average molecular weight is 149 g/mol. The van der Waals surface area contributed by atoms with Crippen LogP contribution in [0.25, 0.3) is 0 Å². The summed E-state index contributed by atoms with van der Waals surface area (Å²) in [5.41, 5.74) is 0. The van der Waals surface area contributed by atoms with Crippen LogP contribution in [0, 0.1) is 19.0 Å². The maximum atomic E-state index is 4.07. The van der Waals surface area contributed by atoms with E-state index in [1.165, 1.54) is 19.3 Å². The van der Waals surface area contributed by atoms with Gasteiger partial charge in [-0.3, -0.25) is 0 Å². The van der Waals surface area contributed by atoms with Crippen LogP contribution >= 0.6 is 0 Å². The molecule has 0 aliphatic heterocycles. The third-order valence-corrected chi connectivity index (χ3v) is 2.54. The number of aromatic nitrogens is 2. The number of hydrogen-bond acceptors (Lipinski definition) is 1. The summed E-state index contributed by atoms with van der Waals surface area (Å²) < 4.78 is 2.20. The van der Waals surface area contributed by atoms with Crippen LogP contribution in [0.1, 0.15) is 25.1 Å². The van der Waals surface area contributed by atoms with Crippen LogP contribution in [0.4, 0.5) is 0 Å². The molecule has 1 aromatic rings. The monoisotopic (exact) mass is 149 g/mol. The highest BCUT2D eigenvalue weighted by molar-refractivity contribution is 4.88. The Kier molecular flexibility index (Phi) is 1.68. The van der Waals surface area contributed by atoms with Crippen LogP contribution in [0.5, 0.6) is 0 Å². The second-order valence-corrected chi connectivity index (χ2v) is 3.37. The maximum absolute atomic E-state index is 4.07. The molecule has 2 rings (SSSR count). The Morgan fingerprint density at radius 1 is 1.73 bits per heavy atom. The topological polar surface area (TPSA) is 17.8 Å². The van der Waals surface area contributed by atoms with Crippen LogP contribution in [-0.4, -0.2) is 9.55 Å². The third-order valence-electron chi connectivity index (χ3n) is 2.54. The highest BCUT2D eigenvalue weighted by Crippen LogP contribution is 2.27. The molecule has 0 bridgehead atoms. The van der Waals surface area contributed by atoms with Crippen molar-refractivity contribution in [3.05, 3.63) is 18.2 Å². The SMILES string of the molecule is Cc1n[c]cn1CC1CCC1. The summed E-state index contributed by atoms with van der Waals surface area (Å²) in [6.45, 7) is 3.19. The van der Waals surface area contributed by atoms with Crippen molar-refractivity contribution in [2.24, 2.45) is 5.92 Å². The van der Waals surface area contributed by atoms with Gasteiger partial charge in [0.25, 0.3) is 0 Å². The summed E-state index contributed by atoms with van der Waals surface area (Å²) in [4.78, 5) is 4.07. The van der Waals surface area contributed by atoms with Crippen LogP contribution in [0.3, 0.4) is 0 Å². The number of aryl methyl sites for hydroxylation is 1. The molecule has 1 radical (unpaired) electrons. The lowest BCUT2D eigenvalue weighted by Crippen LogP contribution is -2.18. The van der Waals surface area contributed by atoms with Gasteiger partial charge in [0.2, 0.25) is 0 Å². The summed E-state index contributed by atoms with van der Waals surface area (Å²) in [6, 6.07) is 0. The molecule has 2 heteroatoms. The van der Waals surface area contributed by atoms with E-state index >= 15 is 0 Å². The van der Waals surface area contributed by atoms with E-state index in [9.17, 15) is 0 Å². The van der Waals surface area contributed by atoms with Crippen LogP contribution in [0.15, 0.2) is 6.20 Å². The van der Waals surface area contributed by atoms with Gasteiger partial charge in [0, 0.05) is 12.7 Å². The normalized spacial score (nSPS) is 18.3. The minimum absolute atomic E-state index is 0.913. The molecule has 2 nitrogen and oxygen atoms in total. The first-order chi connectivity index (χ1) is 5.36. The lowest BCUT2D eigenvalue weighted by molar-refractivity contribution is 0.274. The Hall–Kier alpha value is -0.790. The van der Waals surface area contributed by atoms with Gasteiger partial charge >= 0.3 is 0 Å². The Bertz CT molecular complexity index is 235. The molecule has 0 atom stereocenters. The molecule has 0 amide bonds. The van der Waals surface area contributed by atoms with Gasteiger partial charge in [0.15, 0.2) is 0 Å². The summed E-state index contributed by atoms with van der Waals surface area (Å²) >= 11 is 0. The quantitative estimate of drug-likeness (QED) is 0.627. The Labute approximate surface area is 67.3 Å². The molecule has 0 unspecified atom stereocenters. The molecule has 0 spiro atoms. The lowest BCUT2D eigenvalue weighted by Gasteiger charge is -2.25. The average Bonchev–Trinajstić information content (AvgIpc) is 2.27. The van der Waals surface area contributed by atoms with E-state index in [-0.39, 0.29) is 0 Å². The summed E-state index contributed by atoms with van der Waals surface area (Å²) in [6.07, 6.45) is 9.04. The van der Waals surface area contributed by atoms with Gasteiger partial charge in [-0.2, -0.15) is 0 Å². The molecule has 11 heavy (non-hydrogen) atoms. The van der Waals surface area contributed by atoms with Gasteiger partial charge in [-0.25, -0.2) is 4.98 Å². The number of hydrogen-bond donors (Lipinski definition) is 0. The van der Waals surface area contributed by atoms with Gasteiger partial charge < -0.3 is 4.57 Å². The summed E-state index contributed by atoms with van der Waals surface area (Å²) in [7, 11) is 0. The highest BCUT2D eigenvalue weighted by atomic mass is 15.1. The molecule has 1 aliphatic rings. The molecular formula is C9H13N2. The zero-order valence-electron chi connectivity index (χ0n) is 6.88. The Balaban J connectivity index is 1.99. The molecule has 1 heterocycles. The van der Waals surface area contributed by atoms with Crippen molar-refractivity contribution in [3.63, 3.8) is 0 Å². The van der Waals surface area contributed by atoms with Crippen molar-refractivity contribution >= 4 is 0 Å². The smallest absolute Gasteiger partial charge is 0.109 e. The molecule has 0 aromatic carbocycles. The molecule has 1 saturated carbocycles. The van der Waals surface area contributed by atoms with E-state index in [0.29, 0.717) is 0 Å². The first-order valence-electron chi connectivity index (χ1n) is 4.26. The predicted molar refractivity (Wildman–Crippen MR) is 43.1 cm³/mol. The number of nitrogens with zero attached hydrogens (tertiary/aromatic N) is 2. The maximum Gasteiger partial charge on any atom is 0.109 e. The van der Waals surface area contributed by atoms with Crippen molar-refractivity contribution in [1.29, 1.82) is 0 Å². The van der Waals surface area contributed by atoms with Crippen molar-refractivity contribution < 1.29 is 0 Å². The second-order valence-electron chi connectivity index (χ2n) is 3.37. The van der Waals surface area contributed by atoms with Crippen molar-refractivity contribution in [2.45, 2.75) is 32.7 Å². The van der Waals surface area contributed by atoms with Crippen molar-refractivity contribution in [3.8, 4) is 0 Å². The largest absolute Gasteiger partial charge is 0.334 e. The zero-order chi connectivity index (χ0) is 7.68. The van der Waals surface area contributed by atoms with Gasteiger partial charge in [0.05, 0.1) is 0 Å². The van der Waals surface area contributed by atoms with E-state index < -0.39 is 0 Å². The predicted octanol–water partition coefficient (Wildman–Crippen LogP) is 1.79. The molecule has 1 fully saturated rings. The van der Waals surface area contributed by atoms with Crippen LogP contribution in [-0.2, 0) is 6.54 Å². The van der Waals surface area contributed by atoms with E-state index in [1.54, 1.807) is 0 Å². The van der Waals surface area contributed by atoms with Gasteiger partial charge in [-0.15, -0.1) is 0 Å². The van der Waals surface area contributed by atoms with E-state index in [1.807, 2.05) is 13.1 Å². The summed E-state index contributed by atoms with van der Waals surface area (Å²) in [5.74, 6) is 2.01. The molecule has 1 aromatic heterocycles. The minimum atomic E-state index is 0.913. The van der Waals surface area contributed by atoms with Crippen LogP contribution < -0.4 is 0 Å². The standard InChI is InChI=1S/C9H13N2/c1-8-10-5-6-11(8)7-9-3-2-4-9/h6,9H,2-4,7H2,1H3. The summed E-state index contributed by atoms with van der Waals surface area (Å²) in [5, 5.41) is 0. The number of rotatable bonds is 2. The Morgan fingerprint density at radius 2 is 2.55 bits per heavy atom. The molecular weight excluding hydrogens is 136 g/mol. The first-order valence-corrected chi connectivity index (χ1v) is 4.26. The number of imidazole rings is 1. The fourth-order valence-electron chi connectivity index (χ4n) is 1.49. The van der Waals surface area contributed by atoms with Crippen molar-refractivity contribution in [2.75, 3.05) is 0 Å². The van der Waals surface area contributed by atoms with E-state index in [2.05, 4.69) is 15.7 Å².